The van der Waals surface area contributed by atoms with Crippen molar-refractivity contribution in [3.05, 3.63) is 108 Å². The van der Waals surface area contributed by atoms with E-state index in [-0.39, 0.29) is 16.1 Å². The van der Waals surface area contributed by atoms with E-state index >= 15 is 4.39 Å². The Morgan fingerprint density at radius 1 is 0.943 bits per heavy atom. The highest BCUT2D eigenvalue weighted by atomic mass is 32.2. The Morgan fingerprint density at radius 2 is 1.71 bits per heavy atom. The Labute approximate surface area is 200 Å². The highest BCUT2D eigenvalue weighted by Crippen LogP contribution is 2.31. The number of benzene rings is 2. The number of hydrogen-bond donors (Lipinski definition) is 2. The molecule has 174 valence electrons. The van der Waals surface area contributed by atoms with Gasteiger partial charge in [0, 0.05) is 41.0 Å². The number of fused-ring (bicyclic) bond motifs is 1. The number of hydrogen-bond acceptors (Lipinski definition) is 4. The minimum absolute atomic E-state index is 0.0376. The number of anilines is 1. The van der Waals surface area contributed by atoms with Crippen LogP contribution in [0.25, 0.3) is 22.2 Å². The van der Waals surface area contributed by atoms with E-state index in [9.17, 15) is 18.0 Å². The molecule has 2 aromatic carbocycles. The van der Waals surface area contributed by atoms with E-state index in [4.69, 9.17) is 0 Å². The molecule has 0 unspecified atom stereocenters. The number of nitrogens with zero attached hydrogens (tertiary/aromatic N) is 1. The topological polar surface area (TPSA) is 71.9 Å². The molecule has 3 aromatic heterocycles. The van der Waals surface area contributed by atoms with Crippen LogP contribution in [-0.4, -0.2) is 15.8 Å². The van der Waals surface area contributed by atoms with Gasteiger partial charge in [0.2, 0.25) is 5.78 Å². The van der Waals surface area contributed by atoms with Gasteiger partial charge in [-0.1, -0.05) is 0 Å². The van der Waals surface area contributed by atoms with Gasteiger partial charge in [0.05, 0.1) is 16.1 Å². The number of H-pyrrole nitrogens is 2. The first-order chi connectivity index (χ1) is 16.9. The third-order valence-corrected chi connectivity index (χ3v) is 6.16. The second kappa shape index (κ2) is 9.22. The number of aromatic nitrogens is 3. The molecule has 10 heteroatoms. The molecule has 0 aliphatic carbocycles. The van der Waals surface area contributed by atoms with Crippen molar-refractivity contribution in [1.82, 2.24) is 9.97 Å². The number of pyridine rings is 2. The Hall–Kier alpha value is -4.18. The van der Waals surface area contributed by atoms with Gasteiger partial charge >= 0.3 is 0 Å². The first-order valence-electron chi connectivity index (χ1n) is 10.3. The van der Waals surface area contributed by atoms with Crippen molar-refractivity contribution < 1.29 is 27.3 Å². The largest absolute Gasteiger partial charge is 0.345 e. The zero-order valence-corrected chi connectivity index (χ0v) is 18.5. The maximum atomic E-state index is 15.3. The molecule has 0 bridgehead atoms. The summed E-state index contributed by atoms with van der Waals surface area (Å²) in [5, 5.41) is 0.397. The standard InChI is InChI=1S/C25H14F4N4OS/c26-15-1-2-18(27)21(10-15)35-33-20-4-3-19(28)22(23(20)29)24(34)17-12-32-25-16(17)9-14(11-31-25)13-5-7-30-8-6-13/h1-12,33H,(H,31,32)/p+1. The smallest absolute Gasteiger partial charge is 0.201 e. The fraction of sp³-hybridized carbons (Fsp3) is 0. The molecule has 0 atom stereocenters. The molecule has 5 aromatic rings. The summed E-state index contributed by atoms with van der Waals surface area (Å²) in [6, 6.07) is 10.2. The number of rotatable bonds is 6. The van der Waals surface area contributed by atoms with Gasteiger partial charge in [0.15, 0.2) is 18.2 Å². The molecule has 0 fully saturated rings. The molecule has 5 rings (SSSR count). The first kappa shape index (κ1) is 22.6. The monoisotopic (exact) mass is 495 g/mol. The van der Waals surface area contributed by atoms with Crippen molar-refractivity contribution in [2.75, 3.05) is 4.72 Å². The molecule has 0 radical (unpaired) electrons. The van der Waals surface area contributed by atoms with Crippen LogP contribution in [0.15, 0.2) is 78.2 Å². The molecule has 3 N–H and O–H groups in total. The van der Waals surface area contributed by atoms with Crippen LogP contribution in [-0.2, 0) is 0 Å². The number of aromatic amines is 2. The van der Waals surface area contributed by atoms with Crippen LogP contribution in [0, 0.1) is 23.3 Å². The SMILES string of the molecule is O=C(c1c(F)ccc(NSc2cc(F)ccc2F)c1F)c1c[nH]c2ncc(-c3cc[nH+]cc3)cc12. The summed E-state index contributed by atoms with van der Waals surface area (Å²) >= 11 is 0.597. The average Bonchev–Trinajstić information content (AvgIpc) is 3.29. The summed E-state index contributed by atoms with van der Waals surface area (Å²) in [5.41, 5.74) is 0.925. The number of halogens is 4. The van der Waals surface area contributed by atoms with Crippen molar-refractivity contribution >= 4 is 34.5 Å². The van der Waals surface area contributed by atoms with Gasteiger partial charge < -0.3 is 9.71 Å². The number of ketones is 1. The third kappa shape index (κ3) is 4.35. The summed E-state index contributed by atoms with van der Waals surface area (Å²) in [7, 11) is 0. The molecule has 0 aliphatic heterocycles. The molecular formula is C25H15F4N4OS+. The minimum atomic E-state index is -1.16. The number of carbonyl (C=O) groups is 1. The Kier molecular flexibility index (Phi) is 5.96. The van der Waals surface area contributed by atoms with Crippen LogP contribution >= 0.6 is 11.9 Å². The predicted octanol–water partition coefficient (Wildman–Crippen LogP) is 5.95. The second-order valence-electron chi connectivity index (χ2n) is 7.50. The first-order valence-corrected chi connectivity index (χ1v) is 11.1. The Bertz CT molecular complexity index is 1570. The summed E-state index contributed by atoms with van der Waals surface area (Å²) in [6.07, 6.45) is 6.44. The van der Waals surface area contributed by atoms with Crippen LogP contribution in [0.2, 0.25) is 0 Å². The summed E-state index contributed by atoms with van der Waals surface area (Å²) in [6.45, 7) is 0. The van der Waals surface area contributed by atoms with Crippen LogP contribution < -0.4 is 9.71 Å². The summed E-state index contributed by atoms with van der Waals surface area (Å²) < 4.78 is 59.8. The molecule has 0 spiro atoms. The zero-order valence-electron chi connectivity index (χ0n) is 17.7. The lowest BCUT2D eigenvalue weighted by Crippen LogP contribution is -2.09. The summed E-state index contributed by atoms with van der Waals surface area (Å²) in [5.74, 6) is -4.50. The maximum absolute atomic E-state index is 15.3. The highest BCUT2D eigenvalue weighted by molar-refractivity contribution is 8.00. The van der Waals surface area contributed by atoms with Gasteiger partial charge in [-0.05, 0) is 53.9 Å². The molecule has 3 heterocycles. The molecule has 0 saturated carbocycles. The van der Waals surface area contributed by atoms with Crippen LogP contribution in [0.3, 0.4) is 0 Å². The molecule has 5 nitrogen and oxygen atoms in total. The molecule has 0 saturated heterocycles. The van der Waals surface area contributed by atoms with Crippen LogP contribution in [0.1, 0.15) is 15.9 Å². The lowest BCUT2D eigenvalue weighted by atomic mass is 10.00. The van der Waals surface area contributed by atoms with E-state index in [1.807, 2.05) is 12.1 Å². The van der Waals surface area contributed by atoms with Crippen molar-refractivity contribution in [3.63, 3.8) is 0 Å². The van der Waals surface area contributed by atoms with Crippen molar-refractivity contribution in [3.8, 4) is 11.1 Å². The quantitative estimate of drug-likeness (QED) is 0.174. The fourth-order valence-electron chi connectivity index (χ4n) is 3.57. The van der Waals surface area contributed by atoms with E-state index in [1.165, 1.54) is 6.20 Å². The third-order valence-electron chi connectivity index (χ3n) is 5.31. The van der Waals surface area contributed by atoms with Crippen LogP contribution in [0.5, 0.6) is 0 Å². The molecule has 0 amide bonds. The predicted molar refractivity (Wildman–Crippen MR) is 124 cm³/mol. The fourth-order valence-corrected chi connectivity index (χ4v) is 4.28. The van der Waals surface area contributed by atoms with E-state index < -0.39 is 34.6 Å². The molecule has 0 aliphatic rings. The Morgan fingerprint density at radius 3 is 2.51 bits per heavy atom. The van der Waals surface area contributed by atoms with Crippen molar-refractivity contribution in [2.24, 2.45) is 0 Å². The Balaban J connectivity index is 1.50. The average molecular weight is 495 g/mol. The van der Waals surface area contributed by atoms with Crippen molar-refractivity contribution in [1.29, 1.82) is 0 Å². The van der Waals surface area contributed by atoms with Gasteiger partial charge in [0.25, 0.3) is 0 Å². The van der Waals surface area contributed by atoms with E-state index in [1.54, 1.807) is 24.7 Å². The molecular weight excluding hydrogens is 480 g/mol. The van der Waals surface area contributed by atoms with Gasteiger partial charge in [-0.3, -0.25) is 4.79 Å². The highest BCUT2D eigenvalue weighted by Gasteiger charge is 2.25. The number of nitrogens with one attached hydrogen (secondary N) is 3. The van der Waals surface area contributed by atoms with E-state index in [2.05, 4.69) is 19.7 Å². The minimum Gasteiger partial charge on any atom is -0.345 e. The lowest BCUT2D eigenvalue weighted by molar-refractivity contribution is -0.377. The number of carbonyl (C=O) groups excluding carboxylic acids is 1. The second-order valence-corrected chi connectivity index (χ2v) is 8.35. The van der Waals surface area contributed by atoms with Gasteiger partial charge in [-0.15, -0.1) is 0 Å². The maximum Gasteiger partial charge on any atom is 0.201 e. The lowest BCUT2D eigenvalue weighted by Gasteiger charge is -2.11. The van der Waals surface area contributed by atoms with E-state index in [0.717, 1.165) is 35.9 Å². The normalized spacial score (nSPS) is 11.1. The van der Waals surface area contributed by atoms with Gasteiger partial charge in [-0.2, -0.15) is 0 Å². The van der Waals surface area contributed by atoms with E-state index in [0.29, 0.717) is 28.5 Å². The van der Waals surface area contributed by atoms with Crippen molar-refractivity contribution in [2.45, 2.75) is 4.90 Å². The van der Waals surface area contributed by atoms with Crippen LogP contribution in [0.4, 0.5) is 23.2 Å². The molecule has 35 heavy (non-hydrogen) atoms. The van der Waals surface area contributed by atoms with Gasteiger partial charge in [0.1, 0.15) is 23.1 Å². The zero-order chi connectivity index (χ0) is 24.5. The van der Waals surface area contributed by atoms with Gasteiger partial charge in [-0.25, -0.2) is 27.5 Å². The summed E-state index contributed by atoms with van der Waals surface area (Å²) in [4.78, 5) is 23.2.